The normalized spacial score (nSPS) is 19.4. The number of hydrogen-bond donors (Lipinski definition) is 8. The van der Waals surface area contributed by atoms with Crippen LogP contribution in [0.5, 0.6) is 46.0 Å². The summed E-state index contributed by atoms with van der Waals surface area (Å²) < 4.78 is 194. The number of halogens is 10. The fraction of sp³-hybridized carbons (Fsp3) is 0.536. The molecule has 18 rings (SSSR count). The SMILES string of the molecule is C.C.C.C.N[C@H](CN1CCCC1)C(O)c1cc2c(cc1F)OCCO2.O=C(N[C@H](CN1CCCC1)C(O)c1cc2c(cc1F)OCCO2)C(F)(F)C1Cc2ccccc2C1.O=C(N[C@H](CN1CCCC1)[C@@H](O)c1cc2c(cc1F)OCCO2)C(F)(F)C1Cc2ccccc2C1.O=C(N[C@H](CN1CCCC1)[C@H](O)c1cc2c(cc1F)OCCO2)C(F)(F)C1Cc2ccccc2C1.[B]. The molecule has 4 fully saturated rings. The first-order valence-corrected chi connectivity index (χ1v) is 43.6. The van der Waals surface area contributed by atoms with Crippen LogP contribution in [0.2, 0.25) is 0 Å². The van der Waals surface area contributed by atoms with Crippen molar-refractivity contribution in [3.05, 3.63) is 200 Å². The van der Waals surface area contributed by atoms with E-state index in [1.165, 1.54) is 30.3 Å². The van der Waals surface area contributed by atoms with Crippen LogP contribution in [-0.2, 0) is 52.9 Å². The number of rotatable bonds is 25. The molecule has 2 unspecified atom stereocenters. The van der Waals surface area contributed by atoms with Crippen LogP contribution < -0.4 is 59.6 Å². The third kappa shape index (κ3) is 24.3. The first kappa shape index (κ1) is 103. The van der Waals surface area contributed by atoms with Crippen LogP contribution in [0, 0.1) is 41.0 Å². The minimum Gasteiger partial charge on any atom is -0.486 e. The van der Waals surface area contributed by atoms with E-state index in [1.54, 1.807) is 72.8 Å². The van der Waals surface area contributed by atoms with E-state index in [9.17, 15) is 52.4 Å². The van der Waals surface area contributed by atoms with Crippen molar-refractivity contribution in [3.63, 3.8) is 0 Å². The van der Waals surface area contributed by atoms with Crippen LogP contribution in [0.25, 0.3) is 0 Å². The molecule has 0 spiro atoms. The lowest BCUT2D eigenvalue weighted by Gasteiger charge is -2.31. The molecule has 3 aliphatic carbocycles. The Hall–Kier alpha value is -9.65. The van der Waals surface area contributed by atoms with Crippen molar-refractivity contribution in [2.24, 2.45) is 23.5 Å². The molecule has 3 amide bonds. The van der Waals surface area contributed by atoms with Crippen LogP contribution in [0.3, 0.4) is 0 Å². The molecule has 11 aliphatic rings. The van der Waals surface area contributed by atoms with Gasteiger partial charge in [0.2, 0.25) is 0 Å². The molecule has 4 saturated heterocycles. The Balaban J connectivity index is 0.000000182. The third-order valence-corrected chi connectivity index (χ3v) is 25.6. The second-order valence-corrected chi connectivity index (χ2v) is 34.3. The molecular formula is C97H124BF10N8O15. The largest absolute Gasteiger partial charge is 0.486 e. The molecule has 8 aliphatic heterocycles. The summed E-state index contributed by atoms with van der Waals surface area (Å²) in [5, 5.41) is 50.8. The minimum absolute atomic E-state index is 0. The topological polar surface area (TPSA) is 281 Å². The van der Waals surface area contributed by atoms with Crippen LogP contribution in [0.15, 0.2) is 121 Å². The highest BCUT2D eigenvalue weighted by Crippen LogP contribution is 2.45. The summed E-state index contributed by atoms with van der Waals surface area (Å²) in [6.45, 7) is 9.74. The summed E-state index contributed by atoms with van der Waals surface area (Å²) in [4.78, 5) is 46.9. The Kier molecular flexibility index (Phi) is 36.2. The number of fused-ring (bicyclic) bond motifs is 7. The van der Waals surface area contributed by atoms with Gasteiger partial charge in [-0.1, -0.05) is 103 Å². The maximum atomic E-state index is 15.3. The van der Waals surface area contributed by atoms with Gasteiger partial charge in [-0.3, -0.25) is 14.4 Å². The second-order valence-electron chi connectivity index (χ2n) is 34.3. The highest BCUT2D eigenvalue weighted by Gasteiger charge is 2.54. The van der Waals surface area contributed by atoms with E-state index in [0.29, 0.717) is 31.3 Å². The number of benzene rings is 7. The number of alkyl halides is 6. The third-order valence-electron chi connectivity index (χ3n) is 25.6. The molecule has 715 valence electrons. The fourth-order valence-electron chi connectivity index (χ4n) is 18.7. The first-order chi connectivity index (χ1) is 60.6. The summed E-state index contributed by atoms with van der Waals surface area (Å²) in [6.07, 6.45) is 2.85. The molecule has 3 radical (unpaired) electrons. The summed E-state index contributed by atoms with van der Waals surface area (Å²) in [7, 11) is 0. The van der Waals surface area contributed by atoms with Gasteiger partial charge in [0, 0.05) is 105 Å². The van der Waals surface area contributed by atoms with Crippen molar-refractivity contribution in [1.29, 1.82) is 0 Å². The Morgan fingerprint density at radius 1 is 0.328 bits per heavy atom. The van der Waals surface area contributed by atoms with Gasteiger partial charge in [-0.2, -0.15) is 26.3 Å². The molecular weight excluding hydrogens is 1720 g/mol. The van der Waals surface area contributed by atoms with Gasteiger partial charge in [-0.15, -0.1) is 0 Å². The average molecular weight is 1840 g/mol. The molecule has 0 saturated carbocycles. The maximum Gasteiger partial charge on any atom is 0.327 e. The number of hydrogen-bond acceptors (Lipinski definition) is 20. The summed E-state index contributed by atoms with van der Waals surface area (Å²) in [5.41, 5.74) is 10.7. The minimum atomic E-state index is -3.65. The van der Waals surface area contributed by atoms with Gasteiger partial charge in [-0.05, 0) is 200 Å². The maximum absolute atomic E-state index is 15.3. The smallest absolute Gasteiger partial charge is 0.327 e. The zero-order chi connectivity index (χ0) is 88.6. The number of amides is 3. The monoisotopic (exact) mass is 1840 g/mol. The van der Waals surface area contributed by atoms with E-state index in [2.05, 4.69) is 20.9 Å². The van der Waals surface area contributed by atoms with Gasteiger partial charge in [0.25, 0.3) is 17.7 Å². The predicted octanol–water partition coefficient (Wildman–Crippen LogP) is 13.0. The van der Waals surface area contributed by atoms with Crippen molar-refractivity contribution in [3.8, 4) is 46.0 Å². The van der Waals surface area contributed by atoms with Gasteiger partial charge >= 0.3 is 17.8 Å². The lowest BCUT2D eigenvalue weighted by Crippen LogP contribution is -2.54. The standard InChI is InChI=1S/3C26H29F3N2O4.C15H21FN2O3.4CH4.B/c3*27-20-14-23-22(34-9-10-35-23)13-19(20)24(32)21(15-31-7-3-4-8-31)30-25(33)26(28,29)18-11-16-5-1-2-6-17(16)12-18;16-11-8-14-13(20-5-6-21-14)7-10(11)15(19)12(17)9-18-3-1-2-4-18;;;;;/h3*1-2,5-6,13-14,18,21,24,32H,3-4,7-12,15H2,(H,30,33);7-8,12,15,19H,1-6,9,17H2;4*1H4;/t21-,24?;21-,24+;21-,24-;12-,15?;;;;;/m1111...../s1. The highest BCUT2D eigenvalue weighted by molar-refractivity contribution is 5.86. The lowest BCUT2D eigenvalue weighted by molar-refractivity contribution is -0.155. The van der Waals surface area contributed by atoms with E-state index in [0.717, 1.165) is 155 Å². The summed E-state index contributed by atoms with van der Waals surface area (Å²) in [5.74, 6) is -19.2. The molecule has 7 aromatic rings. The predicted molar refractivity (Wildman–Crippen MR) is 475 cm³/mol. The number of aliphatic hydroxyl groups excluding tert-OH is 4. The molecule has 9 N–H and O–H groups in total. The van der Waals surface area contributed by atoms with Gasteiger partial charge in [0.05, 0.1) is 24.2 Å². The Bertz CT molecular complexity index is 4490. The second kappa shape index (κ2) is 45.9. The van der Waals surface area contributed by atoms with E-state index in [4.69, 9.17) is 43.6 Å². The van der Waals surface area contributed by atoms with Crippen LogP contribution in [0.1, 0.15) is 161 Å². The van der Waals surface area contributed by atoms with Crippen molar-refractivity contribution in [2.75, 3.05) is 131 Å². The van der Waals surface area contributed by atoms with Crippen LogP contribution in [-0.4, -0.2) is 239 Å². The fourth-order valence-corrected chi connectivity index (χ4v) is 18.7. The van der Waals surface area contributed by atoms with Crippen molar-refractivity contribution >= 4 is 26.1 Å². The highest BCUT2D eigenvalue weighted by atomic mass is 19.3. The van der Waals surface area contributed by atoms with Crippen LogP contribution >= 0.6 is 0 Å². The van der Waals surface area contributed by atoms with E-state index < -0.39 is 125 Å². The number of nitrogens with two attached hydrogens (primary N) is 1. The van der Waals surface area contributed by atoms with Gasteiger partial charge in [-0.25, -0.2) is 17.6 Å². The number of ether oxygens (including phenoxy) is 8. The Morgan fingerprint density at radius 3 is 0.718 bits per heavy atom. The van der Waals surface area contributed by atoms with Gasteiger partial charge in [0.15, 0.2) is 46.0 Å². The summed E-state index contributed by atoms with van der Waals surface area (Å²) in [6, 6.07) is 27.7. The molecule has 8 heterocycles. The molecule has 7 aromatic carbocycles. The molecule has 34 heteroatoms. The van der Waals surface area contributed by atoms with Crippen molar-refractivity contribution in [2.45, 2.75) is 186 Å². The van der Waals surface area contributed by atoms with E-state index in [-0.39, 0.29) is 193 Å². The summed E-state index contributed by atoms with van der Waals surface area (Å²) >= 11 is 0. The zero-order valence-electron chi connectivity index (χ0n) is 70.4. The molecule has 23 nitrogen and oxygen atoms in total. The molecule has 131 heavy (non-hydrogen) atoms. The van der Waals surface area contributed by atoms with Crippen LogP contribution in [0.4, 0.5) is 43.9 Å². The number of aliphatic hydroxyl groups is 4. The van der Waals surface area contributed by atoms with Gasteiger partial charge < -0.3 is 99.6 Å². The average Bonchev–Trinajstić information content (AvgIpc) is 1.73. The van der Waals surface area contributed by atoms with Gasteiger partial charge in [0.1, 0.15) is 94.4 Å². The molecule has 0 bridgehead atoms. The zero-order valence-corrected chi connectivity index (χ0v) is 70.4. The Labute approximate surface area is 761 Å². The van der Waals surface area contributed by atoms with E-state index >= 15 is 26.3 Å². The van der Waals surface area contributed by atoms with E-state index in [1.807, 2.05) is 14.7 Å². The number of nitrogens with one attached hydrogen (secondary N) is 3. The number of carbonyl (C=O) groups excluding carboxylic acids is 3. The Morgan fingerprint density at radius 2 is 0.511 bits per heavy atom. The van der Waals surface area contributed by atoms with Crippen molar-refractivity contribution < 1.29 is 117 Å². The quantitative estimate of drug-likeness (QED) is 0.0195. The number of nitrogens with zero attached hydrogens (tertiary/aromatic N) is 4. The van der Waals surface area contributed by atoms with Crippen molar-refractivity contribution in [1.82, 2.24) is 35.6 Å². The lowest BCUT2D eigenvalue weighted by atomic mass is 9.95. The number of likely N-dealkylation sites (tertiary alicyclic amines) is 4. The molecule has 8 atom stereocenters. The first-order valence-electron chi connectivity index (χ1n) is 43.6. The molecule has 0 aromatic heterocycles. The number of carbonyl (C=O) groups is 3.